The Labute approximate surface area is 195 Å². The van der Waals surface area contributed by atoms with E-state index >= 15 is 0 Å². The summed E-state index contributed by atoms with van der Waals surface area (Å²) in [6, 6.07) is 13.5. The number of para-hydroxylation sites is 1. The second-order valence-corrected chi connectivity index (χ2v) is 9.73. The van der Waals surface area contributed by atoms with Gasteiger partial charge in [-0.3, -0.25) is 9.10 Å². The molecule has 0 radical (unpaired) electrons. The van der Waals surface area contributed by atoms with E-state index in [9.17, 15) is 18.0 Å². The van der Waals surface area contributed by atoms with Crippen molar-refractivity contribution in [1.29, 1.82) is 0 Å². The smallest absolute Gasteiger partial charge is 0.337 e. The van der Waals surface area contributed by atoms with Crippen LogP contribution in [-0.4, -0.2) is 49.7 Å². The van der Waals surface area contributed by atoms with Gasteiger partial charge in [-0.1, -0.05) is 30.0 Å². The number of anilines is 2. The number of fused-ring (bicyclic) bond motifs is 3. The number of methoxy groups -OCH3 is 1. The fraction of sp³-hybridized carbons (Fsp3) is 0.182. The molecule has 1 N–H and O–H groups in total. The molecule has 0 spiro atoms. The molecule has 0 saturated heterocycles. The molecule has 3 aromatic rings. The first-order chi connectivity index (χ1) is 15.8. The Balaban J connectivity index is 1.50. The lowest BCUT2D eigenvalue weighted by Crippen LogP contribution is -2.34. The molecule has 2 aromatic carbocycles. The molecule has 1 amide bonds. The van der Waals surface area contributed by atoms with E-state index in [4.69, 9.17) is 0 Å². The highest BCUT2D eigenvalue weighted by molar-refractivity contribution is 7.99. The van der Waals surface area contributed by atoms with Gasteiger partial charge in [-0.2, -0.15) is 0 Å². The van der Waals surface area contributed by atoms with E-state index in [0.29, 0.717) is 33.4 Å². The van der Waals surface area contributed by atoms with Gasteiger partial charge >= 0.3 is 5.97 Å². The molecule has 9 nitrogen and oxygen atoms in total. The number of carbonyl (C=O) groups is 2. The summed E-state index contributed by atoms with van der Waals surface area (Å²) < 4.78 is 32.0. The van der Waals surface area contributed by atoms with Crippen LogP contribution < -0.4 is 9.62 Å². The third-order valence-electron chi connectivity index (χ3n) is 4.94. The molecule has 0 unspecified atom stereocenters. The molecule has 11 heteroatoms. The maximum Gasteiger partial charge on any atom is 0.337 e. The van der Waals surface area contributed by atoms with Crippen molar-refractivity contribution in [2.75, 3.05) is 29.0 Å². The first-order valence-corrected chi connectivity index (χ1v) is 12.4. The second kappa shape index (κ2) is 9.20. The first kappa shape index (κ1) is 22.7. The summed E-state index contributed by atoms with van der Waals surface area (Å²) in [6.45, 7) is 2.06. The SMILES string of the molecule is CCN1c2ccccc2-c2nc(SCC(=O)Nc3ccc(C(=O)OC)cc3)ncc2S1(=O)=O. The van der Waals surface area contributed by atoms with Crippen molar-refractivity contribution in [3.63, 3.8) is 0 Å². The number of hydrogen-bond donors (Lipinski definition) is 1. The van der Waals surface area contributed by atoms with Crippen molar-refractivity contribution in [2.24, 2.45) is 0 Å². The Morgan fingerprint density at radius 1 is 1.12 bits per heavy atom. The summed E-state index contributed by atoms with van der Waals surface area (Å²) in [7, 11) is -2.46. The van der Waals surface area contributed by atoms with E-state index in [1.54, 1.807) is 43.3 Å². The van der Waals surface area contributed by atoms with Crippen molar-refractivity contribution in [2.45, 2.75) is 17.0 Å². The molecular formula is C22H20N4O5S2. The molecule has 1 aliphatic heterocycles. The zero-order valence-electron chi connectivity index (χ0n) is 17.8. The lowest BCUT2D eigenvalue weighted by molar-refractivity contribution is -0.113. The summed E-state index contributed by atoms with van der Waals surface area (Å²) in [5.74, 6) is -0.733. The van der Waals surface area contributed by atoms with Crippen molar-refractivity contribution < 1.29 is 22.7 Å². The molecular weight excluding hydrogens is 464 g/mol. The fourth-order valence-corrected chi connectivity index (χ4v) is 5.62. The van der Waals surface area contributed by atoms with Crippen LogP contribution in [0.4, 0.5) is 11.4 Å². The van der Waals surface area contributed by atoms with Gasteiger partial charge in [0.25, 0.3) is 10.0 Å². The normalized spacial score (nSPS) is 13.6. The molecule has 4 rings (SSSR count). The highest BCUT2D eigenvalue weighted by Gasteiger charge is 2.35. The molecule has 33 heavy (non-hydrogen) atoms. The number of thioether (sulfide) groups is 1. The zero-order chi connectivity index (χ0) is 23.6. The standard InChI is InChI=1S/C22H20N4O5S2/c1-3-26-17-7-5-4-6-16(17)20-18(33(26,29)30)12-23-22(25-20)32-13-19(27)24-15-10-8-14(9-11-15)21(28)31-2/h4-12H,3,13H2,1-2H3,(H,24,27). The number of ether oxygens (including phenoxy) is 1. The Morgan fingerprint density at radius 2 is 1.85 bits per heavy atom. The van der Waals surface area contributed by atoms with Gasteiger partial charge < -0.3 is 10.1 Å². The summed E-state index contributed by atoms with van der Waals surface area (Å²) in [5.41, 5.74) is 2.49. The van der Waals surface area contributed by atoms with Gasteiger partial charge in [0.1, 0.15) is 4.90 Å². The number of benzene rings is 2. The largest absolute Gasteiger partial charge is 0.465 e. The monoisotopic (exact) mass is 484 g/mol. The van der Waals surface area contributed by atoms with Crippen LogP contribution in [0.5, 0.6) is 0 Å². The van der Waals surface area contributed by atoms with E-state index in [1.807, 2.05) is 12.1 Å². The number of rotatable bonds is 6. The second-order valence-electron chi connectivity index (χ2n) is 6.96. The lowest BCUT2D eigenvalue weighted by atomic mass is 10.1. The molecule has 0 aliphatic carbocycles. The third-order valence-corrected chi connectivity index (χ3v) is 7.69. The number of nitrogens with one attached hydrogen (secondary N) is 1. The fourth-order valence-electron chi connectivity index (χ4n) is 3.42. The van der Waals surface area contributed by atoms with Crippen LogP contribution in [0, 0.1) is 0 Å². The van der Waals surface area contributed by atoms with Gasteiger partial charge in [-0.05, 0) is 37.3 Å². The molecule has 2 heterocycles. The van der Waals surface area contributed by atoms with E-state index in [1.165, 1.54) is 17.6 Å². The number of aromatic nitrogens is 2. The van der Waals surface area contributed by atoms with Crippen LogP contribution in [0.25, 0.3) is 11.3 Å². The van der Waals surface area contributed by atoms with Gasteiger partial charge in [-0.25, -0.2) is 23.2 Å². The Hall–Kier alpha value is -3.44. The minimum atomic E-state index is -3.76. The summed E-state index contributed by atoms with van der Waals surface area (Å²) in [6.07, 6.45) is 1.29. The van der Waals surface area contributed by atoms with Crippen LogP contribution >= 0.6 is 11.8 Å². The summed E-state index contributed by atoms with van der Waals surface area (Å²) >= 11 is 1.10. The summed E-state index contributed by atoms with van der Waals surface area (Å²) in [5, 5.41) is 3.02. The van der Waals surface area contributed by atoms with Crippen molar-refractivity contribution in [3.05, 3.63) is 60.3 Å². The van der Waals surface area contributed by atoms with Gasteiger partial charge in [0.2, 0.25) is 5.91 Å². The number of nitrogens with zero attached hydrogens (tertiary/aromatic N) is 3. The van der Waals surface area contributed by atoms with Crippen LogP contribution in [-0.2, 0) is 19.6 Å². The lowest BCUT2D eigenvalue weighted by Gasteiger charge is -2.30. The molecule has 0 atom stereocenters. The topological polar surface area (TPSA) is 119 Å². The third kappa shape index (κ3) is 4.41. The Bertz CT molecular complexity index is 1330. The average molecular weight is 485 g/mol. The van der Waals surface area contributed by atoms with E-state index in [-0.39, 0.29) is 23.1 Å². The van der Waals surface area contributed by atoms with E-state index < -0.39 is 16.0 Å². The predicted molar refractivity (Wildman–Crippen MR) is 125 cm³/mol. The Morgan fingerprint density at radius 3 is 2.55 bits per heavy atom. The van der Waals surface area contributed by atoms with Crippen LogP contribution in [0.1, 0.15) is 17.3 Å². The van der Waals surface area contributed by atoms with Crippen molar-refractivity contribution >= 4 is 45.0 Å². The first-order valence-electron chi connectivity index (χ1n) is 9.95. The minimum absolute atomic E-state index is 0.0209. The predicted octanol–water partition coefficient (Wildman–Crippen LogP) is 3.19. The highest BCUT2D eigenvalue weighted by atomic mass is 32.2. The molecule has 0 fully saturated rings. The highest BCUT2D eigenvalue weighted by Crippen LogP contribution is 2.41. The van der Waals surface area contributed by atoms with Crippen LogP contribution in [0.15, 0.2) is 64.8 Å². The van der Waals surface area contributed by atoms with Crippen molar-refractivity contribution in [1.82, 2.24) is 9.97 Å². The maximum atomic E-state index is 13.0. The quantitative estimate of drug-likeness (QED) is 0.322. The number of esters is 1. The number of hydrogen-bond acceptors (Lipinski definition) is 8. The average Bonchev–Trinajstić information content (AvgIpc) is 2.83. The van der Waals surface area contributed by atoms with Gasteiger partial charge in [0.15, 0.2) is 5.16 Å². The molecule has 1 aliphatic rings. The zero-order valence-corrected chi connectivity index (χ0v) is 19.4. The maximum absolute atomic E-state index is 13.0. The molecule has 0 saturated carbocycles. The molecule has 170 valence electrons. The van der Waals surface area contributed by atoms with Crippen LogP contribution in [0.3, 0.4) is 0 Å². The molecule has 0 bridgehead atoms. The van der Waals surface area contributed by atoms with E-state index in [2.05, 4.69) is 20.0 Å². The molecule has 1 aromatic heterocycles. The minimum Gasteiger partial charge on any atom is -0.465 e. The van der Waals surface area contributed by atoms with Crippen molar-refractivity contribution in [3.8, 4) is 11.3 Å². The van der Waals surface area contributed by atoms with E-state index in [0.717, 1.165) is 11.8 Å². The summed E-state index contributed by atoms with van der Waals surface area (Å²) in [4.78, 5) is 32.5. The van der Waals surface area contributed by atoms with Gasteiger partial charge in [0.05, 0.1) is 36.0 Å². The van der Waals surface area contributed by atoms with Crippen LogP contribution in [0.2, 0.25) is 0 Å². The number of sulfonamides is 1. The number of carbonyl (C=O) groups excluding carboxylic acids is 2. The van der Waals surface area contributed by atoms with Gasteiger partial charge in [-0.15, -0.1) is 0 Å². The van der Waals surface area contributed by atoms with Gasteiger partial charge in [0, 0.05) is 17.8 Å². The number of amides is 1. The Kier molecular flexibility index (Phi) is 6.34.